The first-order chi connectivity index (χ1) is 9.74. The highest BCUT2D eigenvalue weighted by molar-refractivity contribution is 9.10. The van der Waals surface area contributed by atoms with Crippen LogP contribution in [0.5, 0.6) is 5.75 Å². The van der Waals surface area contributed by atoms with Gasteiger partial charge in [0.1, 0.15) is 5.75 Å². The summed E-state index contributed by atoms with van der Waals surface area (Å²) < 4.78 is 6.81. The molecule has 0 bridgehead atoms. The van der Waals surface area contributed by atoms with E-state index < -0.39 is 0 Å². The van der Waals surface area contributed by atoms with E-state index in [1.807, 2.05) is 24.5 Å². The summed E-state index contributed by atoms with van der Waals surface area (Å²) in [5.41, 5.74) is 2.48. The van der Waals surface area contributed by atoms with Crippen LogP contribution in [0.3, 0.4) is 0 Å². The Balaban J connectivity index is 1.81. The van der Waals surface area contributed by atoms with Crippen molar-refractivity contribution < 1.29 is 4.74 Å². The second-order valence-electron chi connectivity index (χ2n) is 5.04. The van der Waals surface area contributed by atoms with Gasteiger partial charge in [-0.2, -0.15) is 0 Å². The number of nitrogens with zero attached hydrogens (tertiary/aromatic N) is 1. The molecule has 4 heteroatoms. The molecule has 0 amide bonds. The highest BCUT2D eigenvalue weighted by Gasteiger charge is 2.23. The molecule has 2 aromatic rings. The zero-order chi connectivity index (χ0) is 13.9. The molecule has 1 aromatic heterocycles. The second kappa shape index (κ2) is 5.94. The van der Waals surface area contributed by atoms with Crippen molar-refractivity contribution in [2.45, 2.75) is 25.4 Å². The number of hydrogen-bond acceptors (Lipinski definition) is 3. The minimum Gasteiger partial charge on any atom is -0.493 e. The highest BCUT2D eigenvalue weighted by atomic mass is 79.9. The summed E-state index contributed by atoms with van der Waals surface area (Å²) >= 11 is 3.54. The van der Waals surface area contributed by atoms with E-state index in [9.17, 15) is 0 Å². The average Bonchev–Trinajstić information content (AvgIpc) is 2.49. The molecule has 0 spiro atoms. The normalized spacial score (nSPS) is 19.0. The molecule has 0 radical (unpaired) electrons. The maximum Gasteiger partial charge on any atom is 0.124 e. The summed E-state index contributed by atoms with van der Waals surface area (Å²) in [5, 5.41) is 3.69. The van der Waals surface area contributed by atoms with Gasteiger partial charge in [0.15, 0.2) is 0 Å². The predicted octanol–water partition coefficient (Wildman–Crippen LogP) is 4.02. The zero-order valence-electron chi connectivity index (χ0n) is 11.3. The van der Waals surface area contributed by atoms with Crippen molar-refractivity contribution in [3.63, 3.8) is 0 Å². The Labute approximate surface area is 127 Å². The molecule has 2 atom stereocenters. The zero-order valence-corrected chi connectivity index (χ0v) is 12.9. The molecule has 3 nitrogen and oxygen atoms in total. The number of rotatable bonds is 3. The van der Waals surface area contributed by atoms with Crippen molar-refractivity contribution in [1.29, 1.82) is 0 Å². The van der Waals surface area contributed by atoms with Crippen molar-refractivity contribution in [2.24, 2.45) is 0 Å². The number of hydrogen-bond donors (Lipinski definition) is 1. The van der Waals surface area contributed by atoms with Gasteiger partial charge in [-0.1, -0.05) is 15.9 Å². The molecular weight excluding hydrogens is 316 g/mol. The topological polar surface area (TPSA) is 34.1 Å². The number of pyridine rings is 1. The molecular formula is C16H17BrN2O. The van der Waals surface area contributed by atoms with Gasteiger partial charge in [-0.3, -0.25) is 4.98 Å². The Hall–Kier alpha value is -1.39. The van der Waals surface area contributed by atoms with Gasteiger partial charge in [0.25, 0.3) is 0 Å². The van der Waals surface area contributed by atoms with Gasteiger partial charge in [-0.15, -0.1) is 0 Å². The lowest BCUT2D eigenvalue weighted by molar-refractivity contribution is 0.246. The van der Waals surface area contributed by atoms with E-state index in [2.05, 4.69) is 51.4 Å². The Morgan fingerprint density at radius 3 is 2.90 bits per heavy atom. The first kappa shape index (κ1) is 13.6. The molecule has 2 heterocycles. The molecule has 3 rings (SSSR count). The van der Waals surface area contributed by atoms with E-state index >= 15 is 0 Å². The molecule has 1 aromatic carbocycles. The molecule has 20 heavy (non-hydrogen) atoms. The fourth-order valence-electron chi connectivity index (χ4n) is 2.59. The van der Waals surface area contributed by atoms with Crippen LogP contribution in [0, 0.1) is 0 Å². The average molecular weight is 333 g/mol. The molecule has 1 unspecified atom stereocenters. The van der Waals surface area contributed by atoms with Crippen molar-refractivity contribution in [1.82, 2.24) is 10.3 Å². The van der Waals surface area contributed by atoms with Gasteiger partial charge >= 0.3 is 0 Å². The van der Waals surface area contributed by atoms with E-state index in [1.54, 1.807) is 0 Å². The SMILES string of the molecule is C[C@H](NC1CCOc2ccc(Br)cc21)c1ccncc1. The predicted molar refractivity (Wildman–Crippen MR) is 82.8 cm³/mol. The van der Waals surface area contributed by atoms with Crippen molar-refractivity contribution in [2.75, 3.05) is 6.61 Å². The van der Waals surface area contributed by atoms with E-state index in [4.69, 9.17) is 4.74 Å². The number of nitrogens with one attached hydrogen (secondary N) is 1. The lowest BCUT2D eigenvalue weighted by Crippen LogP contribution is -2.29. The Kier molecular flexibility index (Phi) is 4.03. The molecule has 1 N–H and O–H groups in total. The van der Waals surface area contributed by atoms with E-state index in [0.717, 1.165) is 23.2 Å². The fraction of sp³-hybridized carbons (Fsp3) is 0.312. The Morgan fingerprint density at radius 2 is 2.10 bits per heavy atom. The van der Waals surface area contributed by atoms with E-state index in [0.29, 0.717) is 6.04 Å². The molecule has 0 saturated heterocycles. The summed E-state index contributed by atoms with van der Waals surface area (Å²) in [6.07, 6.45) is 4.66. The lowest BCUT2D eigenvalue weighted by Gasteiger charge is -2.29. The molecule has 0 saturated carbocycles. The minimum absolute atomic E-state index is 0.285. The third-order valence-corrected chi connectivity index (χ3v) is 4.16. The largest absolute Gasteiger partial charge is 0.493 e. The minimum atomic E-state index is 0.285. The van der Waals surface area contributed by atoms with Gasteiger partial charge in [0.05, 0.1) is 6.61 Å². The van der Waals surface area contributed by atoms with Crippen LogP contribution in [0.15, 0.2) is 47.2 Å². The lowest BCUT2D eigenvalue weighted by atomic mass is 9.98. The maximum absolute atomic E-state index is 5.73. The van der Waals surface area contributed by atoms with Crippen LogP contribution in [0.4, 0.5) is 0 Å². The molecule has 1 aliphatic rings. The second-order valence-corrected chi connectivity index (χ2v) is 5.96. The Bertz CT molecular complexity index is 588. The van der Waals surface area contributed by atoms with Crippen molar-refractivity contribution in [3.8, 4) is 5.75 Å². The van der Waals surface area contributed by atoms with Crippen molar-refractivity contribution >= 4 is 15.9 Å². The van der Waals surface area contributed by atoms with Crippen molar-refractivity contribution in [3.05, 3.63) is 58.3 Å². The Morgan fingerprint density at radius 1 is 1.30 bits per heavy atom. The number of aromatic nitrogens is 1. The summed E-state index contributed by atoms with van der Waals surface area (Å²) in [6, 6.07) is 10.9. The van der Waals surface area contributed by atoms with Gasteiger partial charge < -0.3 is 10.1 Å². The van der Waals surface area contributed by atoms with Crippen LogP contribution in [0.25, 0.3) is 0 Å². The van der Waals surface area contributed by atoms with Gasteiger partial charge in [0.2, 0.25) is 0 Å². The van der Waals surface area contributed by atoms with Gasteiger partial charge in [-0.05, 0) is 42.8 Å². The number of halogens is 1. The standard InChI is InChI=1S/C16H17BrN2O/c1-11(12-4-7-18-8-5-12)19-15-6-9-20-16-3-2-13(17)10-14(15)16/h2-5,7-8,10-11,15,19H,6,9H2,1H3/t11-,15?/m0/s1. The van der Waals surface area contributed by atoms with Crippen LogP contribution < -0.4 is 10.1 Å². The summed E-state index contributed by atoms with van der Waals surface area (Å²) in [4.78, 5) is 4.07. The first-order valence-corrected chi connectivity index (χ1v) is 7.61. The summed E-state index contributed by atoms with van der Waals surface area (Å²) in [5.74, 6) is 0.985. The summed E-state index contributed by atoms with van der Waals surface area (Å²) in [7, 11) is 0. The smallest absolute Gasteiger partial charge is 0.124 e. The van der Waals surface area contributed by atoms with E-state index in [1.165, 1.54) is 11.1 Å². The summed E-state index contributed by atoms with van der Waals surface area (Å²) in [6.45, 7) is 2.94. The van der Waals surface area contributed by atoms with Gasteiger partial charge in [0, 0.05) is 40.9 Å². The molecule has 0 fully saturated rings. The first-order valence-electron chi connectivity index (χ1n) is 6.82. The molecule has 1 aliphatic heterocycles. The molecule has 104 valence electrons. The highest BCUT2D eigenvalue weighted by Crippen LogP contribution is 2.35. The van der Waals surface area contributed by atoms with Gasteiger partial charge in [-0.25, -0.2) is 0 Å². The van der Waals surface area contributed by atoms with Crippen LogP contribution >= 0.6 is 15.9 Å². The van der Waals surface area contributed by atoms with Crippen LogP contribution in [-0.4, -0.2) is 11.6 Å². The third-order valence-electron chi connectivity index (χ3n) is 3.67. The van der Waals surface area contributed by atoms with Crippen LogP contribution in [0.2, 0.25) is 0 Å². The number of fused-ring (bicyclic) bond motifs is 1. The third kappa shape index (κ3) is 2.86. The maximum atomic E-state index is 5.73. The molecule has 0 aliphatic carbocycles. The van der Waals surface area contributed by atoms with E-state index in [-0.39, 0.29) is 6.04 Å². The van der Waals surface area contributed by atoms with Crippen LogP contribution in [-0.2, 0) is 0 Å². The quantitative estimate of drug-likeness (QED) is 0.921. The van der Waals surface area contributed by atoms with Crippen LogP contribution in [0.1, 0.15) is 36.6 Å². The fourth-order valence-corrected chi connectivity index (χ4v) is 2.97. The number of ether oxygens (including phenoxy) is 1. The monoisotopic (exact) mass is 332 g/mol. The number of benzene rings is 1.